The molecule has 0 spiro atoms. The van der Waals surface area contributed by atoms with Gasteiger partial charge in [0.15, 0.2) is 5.60 Å². The fourth-order valence-corrected chi connectivity index (χ4v) is 2.46. The average Bonchev–Trinajstić information content (AvgIpc) is 2.40. The maximum atomic E-state index is 12.6. The molecule has 1 aliphatic rings. The van der Waals surface area contributed by atoms with Crippen LogP contribution in [0.5, 0.6) is 5.75 Å². The summed E-state index contributed by atoms with van der Waals surface area (Å²) in [5.74, 6) is 0.664. The molecule has 1 aromatic carbocycles. The molecule has 0 aromatic heterocycles. The van der Waals surface area contributed by atoms with Crippen LogP contribution in [0.2, 0.25) is 5.02 Å². The molecule has 20 heavy (non-hydrogen) atoms. The number of nitrogens with one attached hydrogen (secondary N) is 1. The maximum absolute atomic E-state index is 12.6. The third-order valence-corrected chi connectivity index (χ3v) is 3.61. The van der Waals surface area contributed by atoms with Gasteiger partial charge in [0, 0.05) is 30.7 Å². The number of halogens is 1. The van der Waals surface area contributed by atoms with E-state index in [0.717, 1.165) is 13.1 Å². The first-order valence-corrected chi connectivity index (χ1v) is 7.23. The first-order chi connectivity index (χ1) is 9.38. The summed E-state index contributed by atoms with van der Waals surface area (Å²) in [7, 11) is 0. The van der Waals surface area contributed by atoms with E-state index in [1.165, 1.54) is 0 Å². The highest BCUT2D eigenvalue weighted by Gasteiger charge is 2.35. The molecule has 0 unspecified atom stereocenters. The number of nitrogens with zero attached hydrogens (tertiary/aromatic N) is 1. The van der Waals surface area contributed by atoms with E-state index in [2.05, 4.69) is 12.2 Å². The molecule has 2 rings (SSSR count). The predicted molar refractivity (Wildman–Crippen MR) is 80.2 cm³/mol. The third-order valence-electron chi connectivity index (χ3n) is 3.36. The van der Waals surface area contributed by atoms with Gasteiger partial charge in [0.25, 0.3) is 5.91 Å². The van der Waals surface area contributed by atoms with E-state index in [-0.39, 0.29) is 5.91 Å². The Hall–Kier alpha value is -1.26. The molecule has 1 fully saturated rings. The molecule has 0 saturated carbocycles. The fraction of sp³-hybridized carbons (Fsp3) is 0.533. The van der Waals surface area contributed by atoms with Gasteiger partial charge in [0.05, 0.1) is 0 Å². The van der Waals surface area contributed by atoms with Crippen molar-refractivity contribution in [1.29, 1.82) is 0 Å². The van der Waals surface area contributed by atoms with Gasteiger partial charge in [-0.05, 0) is 45.0 Å². The smallest absolute Gasteiger partial charge is 0.266 e. The molecule has 1 saturated heterocycles. The molecule has 1 heterocycles. The molecular formula is C15H21ClN2O2. The number of hydrogen-bond donors (Lipinski definition) is 1. The molecule has 1 N–H and O–H groups in total. The molecule has 0 aliphatic carbocycles. The zero-order chi connectivity index (χ0) is 14.8. The van der Waals surface area contributed by atoms with E-state index in [9.17, 15) is 4.79 Å². The summed E-state index contributed by atoms with van der Waals surface area (Å²) >= 11 is 5.85. The summed E-state index contributed by atoms with van der Waals surface area (Å²) < 4.78 is 5.84. The van der Waals surface area contributed by atoms with Crippen LogP contribution in [0.3, 0.4) is 0 Å². The first-order valence-electron chi connectivity index (χ1n) is 6.86. The van der Waals surface area contributed by atoms with Gasteiger partial charge in [-0.2, -0.15) is 0 Å². The first kappa shape index (κ1) is 15.1. The molecular weight excluding hydrogens is 276 g/mol. The number of rotatable bonds is 3. The number of amides is 1. The van der Waals surface area contributed by atoms with Crippen LogP contribution >= 0.6 is 11.6 Å². The normalized spacial score (nSPS) is 19.8. The lowest BCUT2D eigenvalue weighted by atomic mass is 10.1. The summed E-state index contributed by atoms with van der Waals surface area (Å²) in [4.78, 5) is 14.4. The second kappa shape index (κ2) is 6.02. The average molecular weight is 297 g/mol. The van der Waals surface area contributed by atoms with E-state index in [4.69, 9.17) is 16.3 Å². The molecule has 1 atom stereocenters. The Morgan fingerprint density at radius 1 is 1.40 bits per heavy atom. The van der Waals surface area contributed by atoms with Crippen LogP contribution in [-0.2, 0) is 4.79 Å². The van der Waals surface area contributed by atoms with Crippen molar-refractivity contribution in [2.45, 2.75) is 32.4 Å². The summed E-state index contributed by atoms with van der Waals surface area (Å²) in [6, 6.07) is 7.38. The van der Waals surface area contributed by atoms with Gasteiger partial charge in [-0.3, -0.25) is 4.79 Å². The van der Waals surface area contributed by atoms with E-state index >= 15 is 0 Å². The van der Waals surface area contributed by atoms with Crippen molar-refractivity contribution < 1.29 is 9.53 Å². The van der Waals surface area contributed by atoms with E-state index in [1.807, 2.05) is 4.90 Å². The van der Waals surface area contributed by atoms with Crippen LogP contribution in [0.15, 0.2) is 24.3 Å². The topological polar surface area (TPSA) is 41.6 Å². The molecule has 1 aromatic rings. The number of carbonyl (C=O) groups is 1. The van der Waals surface area contributed by atoms with Gasteiger partial charge < -0.3 is 15.0 Å². The molecule has 1 aliphatic heterocycles. The van der Waals surface area contributed by atoms with Crippen LogP contribution in [0.4, 0.5) is 0 Å². The molecule has 0 bridgehead atoms. The number of carbonyl (C=O) groups excluding carboxylic acids is 1. The fourth-order valence-electron chi connectivity index (χ4n) is 2.34. The van der Waals surface area contributed by atoms with E-state index in [0.29, 0.717) is 23.4 Å². The van der Waals surface area contributed by atoms with Crippen molar-refractivity contribution in [3.63, 3.8) is 0 Å². The number of ether oxygens (including phenoxy) is 1. The van der Waals surface area contributed by atoms with Crippen molar-refractivity contribution >= 4 is 17.5 Å². The summed E-state index contributed by atoms with van der Waals surface area (Å²) in [5, 5.41) is 3.98. The van der Waals surface area contributed by atoms with Crippen LogP contribution in [0.1, 0.15) is 20.8 Å². The van der Waals surface area contributed by atoms with E-state index in [1.54, 1.807) is 38.1 Å². The van der Waals surface area contributed by atoms with Gasteiger partial charge in [-0.15, -0.1) is 0 Å². The molecule has 0 radical (unpaired) electrons. The summed E-state index contributed by atoms with van der Waals surface area (Å²) in [6.07, 6.45) is 0. The highest BCUT2D eigenvalue weighted by molar-refractivity contribution is 6.30. The van der Waals surface area contributed by atoms with Gasteiger partial charge in [0.2, 0.25) is 0 Å². The number of hydrogen-bond acceptors (Lipinski definition) is 3. The minimum Gasteiger partial charge on any atom is -0.478 e. The van der Waals surface area contributed by atoms with E-state index < -0.39 is 5.60 Å². The summed E-state index contributed by atoms with van der Waals surface area (Å²) in [5.41, 5.74) is -0.884. The van der Waals surface area contributed by atoms with Crippen molar-refractivity contribution in [3.8, 4) is 5.75 Å². The minimum atomic E-state index is -0.884. The van der Waals surface area contributed by atoms with Gasteiger partial charge in [0.1, 0.15) is 5.75 Å². The largest absolute Gasteiger partial charge is 0.478 e. The molecule has 1 amide bonds. The highest BCUT2D eigenvalue weighted by Crippen LogP contribution is 2.22. The summed E-state index contributed by atoms with van der Waals surface area (Å²) in [6.45, 7) is 7.94. The van der Waals surface area contributed by atoms with Gasteiger partial charge in [-0.1, -0.05) is 11.6 Å². The third kappa shape index (κ3) is 3.64. The lowest BCUT2D eigenvalue weighted by Gasteiger charge is -2.37. The Labute approximate surface area is 125 Å². The van der Waals surface area contributed by atoms with Crippen molar-refractivity contribution in [3.05, 3.63) is 29.3 Å². The van der Waals surface area contributed by atoms with Crippen LogP contribution in [0.25, 0.3) is 0 Å². The Morgan fingerprint density at radius 3 is 2.65 bits per heavy atom. The second-order valence-electron chi connectivity index (χ2n) is 5.67. The quantitative estimate of drug-likeness (QED) is 0.931. The zero-order valence-electron chi connectivity index (χ0n) is 12.1. The maximum Gasteiger partial charge on any atom is 0.266 e. The zero-order valence-corrected chi connectivity index (χ0v) is 12.9. The lowest BCUT2D eigenvalue weighted by molar-refractivity contribution is -0.146. The van der Waals surface area contributed by atoms with Crippen LogP contribution in [-0.4, -0.2) is 42.1 Å². The SMILES string of the molecule is C[C@@H]1CN(C(=O)C(C)(C)Oc2ccc(Cl)cc2)CCN1. The number of piperazine rings is 1. The van der Waals surface area contributed by atoms with Crippen molar-refractivity contribution in [2.24, 2.45) is 0 Å². The molecule has 5 heteroatoms. The lowest BCUT2D eigenvalue weighted by Crippen LogP contribution is -2.57. The Morgan fingerprint density at radius 2 is 2.05 bits per heavy atom. The van der Waals surface area contributed by atoms with Crippen LogP contribution in [0, 0.1) is 0 Å². The van der Waals surface area contributed by atoms with Gasteiger partial charge in [-0.25, -0.2) is 0 Å². The monoisotopic (exact) mass is 296 g/mol. The Bertz CT molecular complexity index is 473. The minimum absolute atomic E-state index is 0.0146. The number of benzene rings is 1. The predicted octanol–water partition coefficient (Wildman–Crippen LogP) is 2.32. The Kier molecular flexibility index (Phi) is 4.55. The Balaban J connectivity index is 2.04. The van der Waals surface area contributed by atoms with Crippen molar-refractivity contribution in [2.75, 3.05) is 19.6 Å². The van der Waals surface area contributed by atoms with Gasteiger partial charge >= 0.3 is 0 Å². The molecule has 110 valence electrons. The van der Waals surface area contributed by atoms with Crippen molar-refractivity contribution in [1.82, 2.24) is 10.2 Å². The standard InChI is InChI=1S/C15H21ClN2O2/c1-11-10-18(9-8-17-11)14(19)15(2,3)20-13-6-4-12(16)5-7-13/h4-7,11,17H,8-10H2,1-3H3/t11-/m1/s1. The highest BCUT2D eigenvalue weighted by atomic mass is 35.5. The van der Waals surface area contributed by atoms with Crippen LogP contribution < -0.4 is 10.1 Å². The molecule has 4 nitrogen and oxygen atoms in total. The second-order valence-corrected chi connectivity index (χ2v) is 6.11.